The molecule has 2 aliphatic rings. The highest BCUT2D eigenvalue weighted by atomic mass is 35.5. The Labute approximate surface area is 259 Å². The van der Waals surface area contributed by atoms with Crippen LogP contribution in [0.15, 0.2) is 48.9 Å². The first kappa shape index (κ1) is 31.1. The first-order chi connectivity index (χ1) is 20.8. The van der Waals surface area contributed by atoms with Crippen molar-refractivity contribution < 1.29 is 23.1 Å². The minimum Gasteiger partial charge on any atom is -0.494 e. The normalized spacial score (nSPS) is 16.9. The average Bonchev–Trinajstić information content (AvgIpc) is 3.69. The molecular weight excluding hydrogens is 592 g/mol. The second-order valence-corrected chi connectivity index (χ2v) is 11.0. The van der Waals surface area contributed by atoms with Crippen molar-refractivity contribution in [1.82, 2.24) is 29.9 Å². The number of benzene rings is 2. The monoisotopic (exact) mass is 625 g/mol. The van der Waals surface area contributed by atoms with Gasteiger partial charge in [0.15, 0.2) is 23.0 Å². The van der Waals surface area contributed by atoms with Crippen molar-refractivity contribution in [1.29, 1.82) is 0 Å². The van der Waals surface area contributed by atoms with Gasteiger partial charge in [-0.15, -0.1) is 12.4 Å². The Morgan fingerprint density at radius 2 is 1.86 bits per heavy atom. The Hall–Kier alpha value is -4.29. The molecule has 1 atom stereocenters. The van der Waals surface area contributed by atoms with Crippen LogP contribution in [0, 0.1) is 24.5 Å². The molecule has 3 N–H and O–H groups in total. The van der Waals surface area contributed by atoms with Gasteiger partial charge in [0.2, 0.25) is 11.7 Å². The maximum Gasteiger partial charge on any atom is 0.254 e. The maximum absolute atomic E-state index is 14.8. The van der Waals surface area contributed by atoms with Gasteiger partial charge in [0.25, 0.3) is 5.91 Å². The van der Waals surface area contributed by atoms with Crippen molar-refractivity contribution in [3.8, 4) is 17.0 Å². The van der Waals surface area contributed by atoms with E-state index in [4.69, 9.17) is 4.74 Å². The number of fused-ring (bicyclic) bond motifs is 1. The van der Waals surface area contributed by atoms with Gasteiger partial charge in [0.1, 0.15) is 0 Å². The zero-order valence-electron chi connectivity index (χ0n) is 24.4. The summed E-state index contributed by atoms with van der Waals surface area (Å²) in [6, 6.07) is 8.44. The molecule has 2 aliphatic heterocycles. The number of amides is 2. The number of anilines is 2. The highest BCUT2D eigenvalue weighted by Gasteiger charge is 2.30. The minimum atomic E-state index is -1.07. The number of nitrogens with zero attached hydrogens (tertiary/aromatic N) is 4. The highest BCUT2D eigenvalue weighted by Crippen LogP contribution is 2.32. The van der Waals surface area contributed by atoms with E-state index in [1.807, 2.05) is 17.9 Å². The number of carbonyl (C=O) groups excluding carboxylic acids is 2. The van der Waals surface area contributed by atoms with Crippen molar-refractivity contribution >= 4 is 41.4 Å². The van der Waals surface area contributed by atoms with E-state index in [9.17, 15) is 18.4 Å². The number of piperidine rings is 1. The number of methoxy groups -OCH3 is 1. The number of ether oxygens (including phenoxy) is 1. The smallest absolute Gasteiger partial charge is 0.254 e. The molecule has 4 heterocycles. The number of hydrogen-bond acceptors (Lipinski definition) is 7. The summed E-state index contributed by atoms with van der Waals surface area (Å²) < 4.78 is 35.7. The number of likely N-dealkylation sites (tertiary alicyclic amines) is 1. The van der Waals surface area contributed by atoms with Crippen molar-refractivity contribution in [2.45, 2.75) is 32.2 Å². The molecule has 0 unspecified atom stereocenters. The lowest BCUT2D eigenvalue weighted by Crippen LogP contribution is -2.45. The van der Waals surface area contributed by atoms with E-state index in [1.54, 1.807) is 22.7 Å². The van der Waals surface area contributed by atoms with Crippen molar-refractivity contribution in [2.24, 2.45) is 5.92 Å². The van der Waals surface area contributed by atoms with E-state index in [2.05, 4.69) is 25.9 Å². The van der Waals surface area contributed by atoms with Crippen LogP contribution in [-0.4, -0.2) is 70.4 Å². The first-order valence-electron chi connectivity index (χ1n) is 14.4. The second kappa shape index (κ2) is 13.1. The van der Waals surface area contributed by atoms with E-state index in [-0.39, 0.29) is 47.5 Å². The molecule has 6 rings (SSSR count). The van der Waals surface area contributed by atoms with Crippen LogP contribution in [0.2, 0.25) is 0 Å². The number of rotatable bonds is 7. The fourth-order valence-electron chi connectivity index (χ4n) is 5.82. The van der Waals surface area contributed by atoms with Crippen LogP contribution >= 0.6 is 12.4 Å². The Morgan fingerprint density at radius 1 is 1.07 bits per heavy atom. The molecule has 44 heavy (non-hydrogen) atoms. The van der Waals surface area contributed by atoms with Crippen LogP contribution < -0.4 is 20.7 Å². The van der Waals surface area contributed by atoms with Gasteiger partial charge < -0.3 is 25.6 Å². The van der Waals surface area contributed by atoms with Crippen LogP contribution in [-0.2, 0) is 4.79 Å². The molecule has 4 aromatic rings. The Bertz CT molecular complexity index is 1680. The third-order valence-corrected chi connectivity index (χ3v) is 8.25. The molecule has 232 valence electrons. The third kappa shape index (κ3) is 6.04. The molecule has 10 nitrogen and oxygen atoms in total. The summed E-state index contributed by atoms with van der Waals surface area (Å²) in [7, 11) is 1.28. The molecule has 2 saturated heterocycles. The van der Waals surface area contributed by atoms with E-state index in [0.29, 0.717) is 54.3 Å². The first-order valence-corrected chi connectivity index (χ1v) is 14.4. The van der Waals surface area contributed by atoms with Gasteiger partial charge in [0.05, 0.1) is 19.0 Å². The van der Waals surface area contributed by atoms with E-state index < -0.39 is 11.6 Å². The summed E-state index contributed by atoms with van der Waals surface area (Å²) in [5.74, 6) is -1.92. The van der Waals surface area contributed by atoms with Crippen molar-refractivity contribution in [3.63, 3.8) is 0 Å². The predicted molar refractivity (Wildman–Crippen MR) is 165 cm³/mol. The Kier molecular flexibility index (Phi) is 9.31. The molecule has 2 aromatic heterocycles. The van der Waals surface area contributed by atoms with Gasteiger partial charge in [-0.05, 0) is 68.6 Å². The van der Waals surface area contributed by atoms with Gasteiger partial charge >= 0.3 is 0 Å². The van der Waals surface area contributed by atoms with Gasteiger partial charge in [-0.1, -0.05) is 0 Å². The molecule has 2 aromatic carbocycles. The van der Waals surface area contributed by atoms with Crippen LogP contribution in [0.4, 0.5) is 20.3 Å². The zero-order chi connectivity index (χ0) is 30.1. The molecule has 2 amide bonds. The quantitative estimate of drug-likeness (QED) is 0.277. The van der Waals surface area contributed by atoms with Crippen LogP contribution in [0.5, 0.6) is 5.75 Å². The SMILES string of the molecule is COc1ccc(-c2cnc3c(Nc4ccc(C(=O)N5CCC(C(=O)N[C@@H]6CCNC6)CC5)c(C)c4)nccn23)c(F)c1F.Cl. The van der Waals surface area contributed by atoms with E-state index >= 15 is 0 Å². The molecule has 0 saturated carbocycles. The van der Waals surface area contributed by atoms with E-state index in [1.165, 1.54) is 31.6 Å². The molecule has 0 bridgehead atoms. The van der Waals surface area contributed by atoms with Crippen molar-refractivity contribution in [3.05, 3.63) is 71.7 Å². The summed E-state index contributed by atoms with van der Waals surface area (Å²) >= 11 is 0. The zero-order valence-corrected chi connectivity index (χ0v) is 25.2. The molecule has 13 heteroatoms. The number of aromatic nitrogens is 3. The standard InChI is InChI=1S/C31H33F2N7O3.ClH/c1-18-15-20(3-4-22(18)31(42)39-12-8-19(9-13-39)30(41)38-21-7-10-34-16-21)37-28-29-36-17-24(40(29)14-11-35-28)23-5-6-25(43-2)27(33)26(23)32;/h3-6,11,14-15,17,19,21,34H,7-10,12-13,16H2,1-2H3,(H,35,37)(H,38,41);1H/t21-;/m1./s1. The number of imidazole rings is 1. The number of nitrogens with one attached hydrogen (secondary N) is 3. The minimum absolute atomic E-state index is 0. The molecule has 0 aliphatic carbocycles. The number of halogens is 3. The maximum atomic E-state index is 14.8. The summed E-state index contributed by atoms with van der Waals surface area (Å²) in [6.07, 6.45) is 6.86. The summed E-state index contributed by atoms with van der Waals surface area (Å²) in [5.41, 5.74) is 2.89. The van der Waals surface area contributed by atoms with Gasteiger partial charge in [-0.3, -0.25) is 14.0 Å². The lowest BCUT2D eigenvalue weighted by molar-refractivity contribution is -0.126. The van der Waals surface area contributed by atoms with Gasteiger partial charge in [0, 0.05) is 60.8 Å². The highest BCUT2D eigenvalue weighted by molar-refractivity contribution is 5.96. The topological polar surface area (TPSA) is 113 Å². The van der Waals surface area contributed by atoms with Crippen molar-refractivity contribution in [2.75, 3.05) is 38.6 Å². The molecule has 2 fully saturated rings. The summed E-state index contributed by atoms with van der Waals surface area (Å²) in [4.78, 5) is 36.6. The second-order valence-electron chi connectivity index (χ2n) is 11.0. The number of aryl methyl sites for hydroxylation is 1. The fraction of sp³-hybridized carbons (Fsp3) is 0.355. The molecule has 0 radical (unpaired) electrons. The lowest BCUT2D eigenvalue weighted by atomic mass is 9.94. The number of hydrogen-bond donors (Lipinski definition) is 3. The summed E-state index contributed by atoms with van der Waals surface area (Å²) in [6.45, 7) is 4.68. The predicted octanol–water partition coefficient (Wildman–Crippen LogP) is 4.49. The molecule has 0 spiro atoms. The fourth-order valence-corrected chi connectivity index (χ4v) is 5.82. The Balaban J connectivity index is 0.00000384. The van der Waals surface area contributed by atoms with Crippen LogP contribution in [0.3, 0.4) is 0 Å². The molecular formula is C31H34ClF2N7O3. The Morgan fingerprint density at radius 3 is 2.57 bits per heavy atom. The summed E-state index contributed by atoms with van der Waals surface area (Å²) in [5, 5.41) is 9.62. The van der Waals surface area contributed by atoms with E-state index in [0.717, 1.165) is 25.1 Å². The van der Waals surface area contributed by atoms with Gasteiger partial charge in [-0.25, -0.2) is 14.4 Å². The number of carbonyl (C=O) groups is 2. The van der Waals surface area contributed by atoms with Crippen LogP contribution in [0.1, 0.15) is 35.2 Å². The van der Waals surface area contributed by atoms with Crippen LogP contribution in [0.25, 0.3) is 16.9 Å². The largest absolute Gasteiger partial charge is 0.494 e. The third-order valence-electron chi connectivity index (χ3n) is 8.25. The lowest BCUT2D eigenvalue weighted by Gasteiger charge is -2.32. The van der Waals surface area contributed by atoms with Gasteiger partial charge in [-0.2, -0.15) is 4.39 Å². The average molecular weight is 626 g/mol.